The minimum atomic E-state index is -0.346. The van der Waals surface area contributed by atoms with Gasteiger partial charge in [-0.25, -0.2) is 0 Å². The van der Waals surface area contributed by atoms with Crippen molar-refractivity contribution in [3.05, 3.63) is 34.9 Å². The van der Waals surface area contributed by atoms with E-state index < -0.39 is 0 Å². The highest BCUT2D eigenvalue weighted by Crippen LogP contribution is 2.22. The summed E-state index contributed by atoms with van der Waals surface area (Å²) in [5.74, 6) is -0.691. The van der Waals surface area contributed by atoms with E-state index in [4.69, 9.17) is 11.6 Å². The monoisotopic (exact) mass is 267 g/mol. The Labute approximate surface area is 110 Å². The third kappa shape index (κ3) is 2.82. The number of methoxy groups -OCH3 is 1. The van der Waals surface area contributed by atoms with Gasteiger partial charge in [-0.3, -0.25) is 9.59 Å². The van der Waals surface area contributed by atoms with Gasteiger partial charge in [-0.05, 0) is 17.7 Å². The van der Waals surface area contributed by atoms with E-state index in [0.29, 0.717) is 18.1 Å². The molecule has 96 valence electrons. The minimum absolute atomic E-state index is 0.0228. The molecule has 2 rings (SSSR count). The van der Waals surface area contributed by atoms with Crippen molar-refractivity contribution in [2.75, 3.05) is 13.7 Å². The minimum Gasteiger partial charge on any atom is -0.469 e. The van der Waals surface area contributed by atoms with Crippen LogP contribution in [0.2, 0.25) is 5.02 Å². The Hall–Kier alpha value is -1.55. The molecule has 1 heterocycles. The molecule has 1 aromatic rings. The molecule has 0 aliphatic carbocycles. The van der Waals surface area contributed by atoms with Gasteiger partial charge in [0.1, 0.15) is 0 Å². The van der Waals surface area contributed by atoms with Crippen molar-refractivity contribution in [1.82, 2.24) is 4.90 Å². The Morgan fingerprint density at radius 1 is 1.56 bits per heavy atom. The molecule has 1 amide bonds. The first kappa shape index (κ1) is 12.9. The maximum Gasteiger partial charge on any atom is 0.310 e. The van der Waals surface area contributed by atoms with Crippen molar-refractivity contribution in [2.45, 2.75) is 13.0 Å². The molecule has 0 aromatic heterocycles. The summed E-state index contributed by atoms with van der Waals surface area (Å²) in [6.07, 6.45) is 0.229. The van der Waals surface area contributed by atoms with Crippen LogP contribution in [0.15, 0.2) is 24.3 Å². The van der Waals surface area contributed by atoms with Gasteiger partial charge in [0.2, 0.25) is 5.91 Å². The van der Waals surface area contributed by atoms with E-state index >= 15 is 0 Å². The van der Waals surface area contributed by atoms with E-state index in [1.165, 1.54) is 7.11 Å². The number of likely N-dealkylation sites (tertiary alicyclic amines) is 1. The summed E-state index contributed by atoms with van der Waals surface area (Å²) in [7, 11) is 1.34. The number of hydrogen-bond donors (Lipinski definition) is 0. The van der Waals surface area contributed by atoms with Crippen LogP contribution in [0.25, 0.3) is 0 Å². The second kappa shape index (κ2) is 5.40. The highest BCUT2D eigenvalue weighted by atomic mass is 35.5. The fraction of sp³-hybridized carbons (Fsp3) is 0.385. The number of carbonyl (C=O) groups excluding carboxylic acids is 2. The number of nitrogens with zero attached hydrogens (tertiary/aromatic N) is 1. The van der Waals surface area contributed by atoms with Crippen LogP contribution < -0.4 is 0 Å². The van der Waals surface area contributed by atoms with Crippen molar-refractivity contribution in [1.29, 1.82) is 0 Å². The highest BCUT2D eigenvalue weighted by molar-refractivity contribution is 6.30. The standard InChI is InChI=1S/C13H14ClNO3/c1-18-13(17)10-6-12(16)15(8-10)7-9-3-2-4-11(14)5-9/h2-5,10H,6-8H2,1H3/t10-/m1/s1. The zero-order chi connectivity index (χ0) is 13.1. The van der Waals surface area contributed by atoms with Crippen LogP contribution in [0.5, 0.6) is 0 Å². The molecular formula is C13H14ClNO3. The zero-order valence-electron chi connectivity index (χ0n) is 10.1. The summed E-state index contributed by atoms with van der Waals surface area (Å²) < 4.78 is 4.66. The first-order chi connectivity index (χ1) is 8.60. The Morgan fingerprint density at radius 2 is 2.33 bits per heavy atom. The number of rotatable bonds is 3. The Morgan fingerprint density at radius 3 is 3.00 bits per heavy atom. The Balaban J connectivity index is 2.02. The summed E-state index contributed by atoms with van der Waals surface area (Å²) >= 11 is 5.89. The van der Waals surface area contributed by atoms with E-state index in [1.807, 2.05) is 18.2 Å². The maximum absolute atomic E-state index is 11.8. The molecule has 0 saturated carbocycles. The first-order valence-electron chi connectivity index (χ1n) is 5.70. The largest absolute Gasteiger partial charge is 0.469 e. The van der Waals surface area contributed by atoms with Gasteiger partial charge in [0.15, 0.2) is 0 Å². The smallest absolute Gasteiger partial charge is 0.310 e. The predicted octanol–water partition coefficient (Wildman–Crippen LogP) is 1.86. The van der Waals surface area contributed by atoms with Crippen molar-refractivity contribution in [2.24, 2.45) is 5.92 Å². The number of benzene rings is 1. The molecule has 4 nitrogen and oxygen atoms in total. The topological polar surface area (TPSA) is 46.6 Å². The molecule has 0 radical (unpaired) electrons. The van der Waals surface area contributed by atoms with E-state index in [0.717, 1.165) is 5.56 Å². The summed E-state index contributed by atoms with van der Waals surface area (Å²) in [6, 6.07) is 7.36. The maximum atomic E-state index is 11.8. The van der Waals surface area contributed by atoms with Crippen LogP contribution in [0.4, 0.5) is 0 Å². The molecule has 1 saturated heterocycles. The van der Waals surface area contributed by atoms with E-state index in [9.17, 15) is 9.59 Å². The van der Waals surface area contributed by atoms with Crippen LogP contribution in [-0.4, -0.2) is 30.4 Å². The second-order valence-corrected chi connectivity index (χ2v) is 4.76. The fourth-order valence-electron chi connectivity index (χ4n) is 2.11. The molecule has 18 heavy (non-hydrogen) atoms. The lowest BCUT2D eigenvalue weighted by molar-refractivity contribution is -0.145. The van der Waals surface area contributed by atoms with Gasteiger partial charge in [0.25, 0.3) is 0 Å². The SMILES string of the molecule is COC(=O)[C@@H]1CC(=O)N(Cc2cccc(Cl)c2)C1. The van der Waals surface area contributed by atoms with Crippen molar-refractivity contribution < 1.29 is 14.3 Å². The van der Waals surface area contributed by atoms with Gasteiger partial charge in [0, 0.05) is 24.5 Å². The quantitative estimate of drug-likeness (QED) is 0.786. The average molecular weight is 268 g/mol. The number of amides is 1. The lowest BCUT2D eigenvalue weighted by atomic mass is 10.1. The molecule has 0 bridgehead atoms. The van der Waals surface area contributed by atoms with E-state index in [-0.39, 0.29) is 24.2 Å². The van der Waals surface area contributed by atoms with Gasteiger partial charge in [0.05, 0.1) is 13.0 Å². The fourth-order valence-corrected chi connectivity index (χ4v) is 2.32. The number of esters is 1. The van der Waals surface area contributed by atoms with Gasteiger partial charge < -0.3 is 9.64 Å². The normalized spacial score (nSPS) is 19.1. The molecule has 1 fully saturated rings. The van der Waals surface area contributed by atoms with Gasteiger partial charge in [-0.1, -0.05) is 23.7 Å². The third-order valence-corrected chi connectivity index (χ3v) is 3.25. The van der Waals surface area contributed by atoms with Crippen LogP contribution in [-0.2, 0) is 20.9 Å². The molecule has 1 atom stereocenters. The molecule has 1 aliphatic heterocycles. The van der Waals surface area contributed by atoms with Crippen LogP contribution in [0.1, 0.15) is 12.0 Å². The van der Waals surface area contributed by atoms with Crippen LogP contribution >= 0.6 is 11.6 Å². The second-order valence-electron chi connectivity index (χ2n) is 4.33. The Kier molecular flexibility index (Phi) is 3.87. The molecule has 1 aliphatic rings. The first-order valence-corrected chi connectivity index (χ1v) is 6.08. The number of halogens is 1. The lowest BCUT2D eigenvalue weighted by Gasteiger charge is -2.16. The summed E-state index contributed by atoms with van der Waals surface area (Å²) in [5.41, 5.74) is 0.960. The molecular weight excluding hydrogens is 254 g/mol. The predicted molar refractivity (Wildman–Crippen MR) is 67.0 cm³/mol. The Bertz CT molecular complexity index is 475. The number of hydrogen-bond acceptors (Lipinski definition) is 3. The van der Waals surface area contributed by atoms with Crippen LogP contribution in [0, 0.1) is 5.92 Å². The average Bonchev–Trinajstić information content (AvgIpc) is 2.70. The van der Waals surface area contributed by atoms with Crippen molar-refractivity contribution in [3.63, 3.8) is 0 Å². The van der Waals surface area contributed by atoms with Crippen LogP contribution in [0.3, 0.4) is 0 Å². The summed E-state index contributed by atoms with van der Waals surface area (Å²) in [6.45, 7) is 0.894. The number of ether oxygens (including phenoxy) is 1. The third-order valence-electron chi connectivity index (χ3n) is 3.01. The molecule has 0 unspecified atom stereocenters. The van der Waals surface area contributed by atoms with E-state index in [1.54, 1.807) is 11.0 Å². The molecule has 1 aromatic carbocycles. The number of carbonyl (C=O) groups is 2. The van der Waals surface area contributed by atoms with Gasteiger partial charge >= 0.3 is 5.97 Å². The lowest BCUT2D eigenvalue weighted by Crippen LogP contribution is -2.26. The van der Waals surface area contributed by atoms with Crippen molar-refractivity contribution in [3.8, 4) is 0 Å². The van der Waals surface area contributed by atoms with E-state index in [2.05, 4.69) is 4.74 Å². The zero-order valence-corrected chi connectivity index (χ0v) is 10.8. The summed E-state index contributed by atoms with van der Waals surface area (Å²) in [5, 5.41) is 0.642. The highest BCUT2D eigenvalue weighted by Gasteiger charge is 2.34. The van der Waals surface area contributed by atoms with Gasteiger partial charge in [-0.2, -0.15) is 0 Å². The van der Waals surface area contributed by atoms with Gasteiger partial charge in [-0.15, -0.1) is 0 Å². The summed E-state index contributed by atoms with van der Waals surface area (Å²) in [4.78, 5) is 24.8. The molecule has 0 N–H and O–H groups in total. The molecule has 0 spiro atoms. The molecule has 5 heteroatoms. The van der Waals surface area contributed by atoms with Crippen molar-refractivity contribution >= 4 is 23.5 Å².